The normalized spacial score (nSPS) is 10.8. The molecule has 3 amide bonds. The maximum atomic E-state index is 12.8. The maximum Gasteiger partial charge on any atom is 0.319 e. The number of nitrogens with one attached hydrogen (secondary N) is 3. The van der Waals surface area contributed by atoms with Crippen molar-refractivity contribution in [3.8, 4) is 11.5 Å². The van der Waals surface area contributed by atoms with E-state index in [-0.39, 0.29) is 30.0 Å². The summed E-state index contributed by atoms with van der Waals surface area (Å²) < 4.78 is 12.0. The van der Waals surface area contributed by atoms with Gasteiger partial charge < -0.3 is 25.4 Å². The van der Waals surface area contributed by atoms with Gasteiger partial charge in [0.15, 0.2) is 11.5 Å². The lowest BCUT2D eigenvalue weighted by Crippen LogP contribution is -2.34. The lowest BCUT2D eigenvalue weighted by molar-refractivity contribution is -0.121. The first-order valence-electron chi connectivity index (χ1n) is 11.3. The van der Waals surface area contributed by atoms with E-state index in [1.165, 1.54) is 25.1 Å². The number of aromatic nitrogens is 2. The van der Waals surface area contributed by atoms with Gasteiger partial charge in [-0.05, 0) is 44.0 Å². The number of carbonyl (C=O) groups is 2. The van der Waals surface area contributed by atoms with Crippen LogP contribution in [0.3, 0.4) is 0 Å². The van der Waals surface area contributed by atoms with Crippen LogP contribution in [-0.4, -0.2) is 41.8 Å². The molecule has 3 aromatic rings. The lowest BCUT2D eigenvalue weighted by Gasteiger charge is -2.11. The van der Waals surface area contributed by atoms with Gasteiger partial charge in [0.2, 0.25) is 5.91 Å². The fraction of sp³-hybridized carbons (Fsp3) is 0.360. The number of rotatable bonds is 10. The van der Waals surface area contributed by atoms with Crippen molar-refractivity contribution in [2.24, 2.45) is 0 Å². The number of ether oxygens (including phenoxy) is 2. The standard InChI is InChI=1S/C25H31N5O5/c1-16(2)28-25(33)29-18-9-7-17(8-10-18)14-26-23(31)6-5-11-30-15-27-20-13-22(35-4)21(34-3)12-19(20)24(30)32/h7-10,12-13,15-16H,5-6,11,14H2,1-4H3,(H,26,31)(H2,28,29,33). The van der Waals surface area contributed by atoms with Crippen molar-refractivity contribution < 1.29 is 19.1 Å². The molecular weight excluding hydrogens is 450 g/mol. The molecule has 0 fully saturated rings. The molecule has 0 saturated carbocycles. The number of amides is 3. The molecule has 3 N–H and O–H groups in total. The molecule has 0 bridgehead atoms. The van der Waals surface area contributed by atoms with E-state index in [0.717, 1.165) is 5.56 Å². The van der Waals surface area contributed by atoms with Gasteiger partial charge in [-0.15, -0.1) is 0 Å². The summed E-state index contributed by atoms with van der Waals surface area (Å²) in [5, 5.41) is 8.81. The van der Waals surface area contributed by atoms with Crippen LogP contribution in [0.1, 0.15) is 32.3 Å². The number of methoxy groups -OCH3 is 2. The topological polar surface area (TPSA) is 124 Å². The first-order valence-corrected chi connectivity index (χ1v) is 11.3. The highest BCUT2D eigenvalue weighted by atomic mass is 16.5. The molecule has 1 aromatic heterocycles. The van der Waals surface area contributed by atoms with Crippen LogP contribution in [0.4, 0.5) is 10.5 Å². The second-order valence-electron chi connectivity index (χ2n) is 8.30. The summed E-state index contributed by atoms with van der Waals surface area (Å²) in [6, 6.07) is 10.3. The van der Waals surface area contributed by atoms with Crippen LogP contribution in [0.2, 0.25) is 0 Å². The van der Waals surface area contributed by atoms with Gasteiger partial charge in [-0.25, -0.2) is 9.78 Å². The van der Waals surface area contributed by atoms with Gasteiger partial charge in [0.05, 0.1) is 31.4 Å². The van der Waals surface area contributed by atoms with Crippen LogP contribution in [0, 0.1) is 0 Å². The molecule has 0 aliphatic rings. The molecule has 2 aromatic carbocycles. The van der Waals surface area contributed by atoms with Gasteiger partial charge in [0, 0.05) is 37.3 Å². The third-order valence-electron chi connectivity index (χ3n) is 5.25. The number of fused-ring (bicyclic) bond motifs is 1. The Balaban J connectivity index is 1.49. The second-order valence-corrected chi connectivity index (χ2v) is 8.30. The van der Waals surface area contributed by atoms with Crippen molar-refractivity contribution in [3.63, 3.8) is 0 Å². The van der Waals surface area contributed by atoms with Crippen molar-refractivity contribution in [2.75, 3.05) is 19.5 Å². The maximum absolute atomic E-state index is 12.8. The van der Waals surface area contributed by atoms with Crippen LogP contribution < -0.4 is 31.0 Å². The summed E-state index contributed by atoms with van der Waals surface area (Å²) in [6.45, 7) is 4.51. The third-order valence-corrected chi connectivity index (χ3v) is 5.25. The monoisotopic (exact) mass is 481 g/mol. The second kappa shape index (κ2) is 11.9. The Bertz CT molecular complexity index is 1240. The molecule has 0 saturated heterocycles. The van der Waals surface area contributed by atoms with Crippen LogP contribution in [-0.2, 0) is 17.9 Å². The number of anilines is 1. The van der Waals surface area contributed by atoms with Gasteiger partial charge in [0.25, 0.3) is 5.56 Å². The minimum absolute atomic E-state index is 0.0493. The number of nitrogens with zero attached hydrogens (tertiary/aromatic N) is 2. The lowest BCUT2D eigenvalue weighted by atomic mass is 10.2. The van der Waals surface area contributed by atoms with Crippen molar-refractivity contribution in [2.45, 2.75) is 45.8 Å². The quantitative estimate of drug-likeness (QED) is 0.409. The minimum atomic E-state index is -0.263. The summed E-state index contributed by atoms with van der Waals surface area (Å²) in [4.78, 5) is 41.2. The summed E-state index contributed by atoms with van der Waals surface area (Å²) in [5.74, 6) is 0.847. The van der Waals surface area contributed by atoms with Crippen LogP contribution in [0.5, 0.6) is 11.5 Å². The fourth-order valence-electron chi connectivity index (χ4n) is 3.48. The molecule has 3 rings (SSSR count). The summed E-state index contributed by atoms with van der Waals surface area (Å²) in [7, 11) is 3.03. The molecule has 0 atom stereocenters. The molecule has 0 spiro atoms. The predicted octanol–water partition coefficient (Wildman–Crippen LogP) is 3.04. The van der Waals surface area contributed by atoms with Crippen LogP contribution in [0.25, 0.3) is 10.9 Å². The van der Waals surface area contributed by atoms with Gasteiger partial charge in [-0.2, -0.15) is 0 Å². The van der Waals surface area contributed by atoms with E-state index in [9.17, 15) is 14.4 Å². The van der Waals surface area contributed by atoms with Crippen LogP contribution >= 0.6 is 0 Å². The molecule has 186 valence electrons. The van der Waals surface area contributed by atoms with Crippen molar-refractivity contribution in [3.05, 3.63) is 58.6 Å². The van der Waals surface area contributed by atoms with E-state index >= 15 is 0 Å². The number of carbonyl (C=O) groups excluding carboxylic acids is 2. The number of aryl methyl sites for hydroxylation is 1. The van der Waals surface area contributed by atoms with Gasteiger partial charge in [-0.1, -0.05) is 12.1 Å². The number of urea groups is 1. The zero-order chi connectivity index (χ0) is 25.4. The summed E-state index contributed by atoms with van der Waals surface area (Å²) in [5.41, 5.74) is 1.90. The SMILES string of the molecule is COc1cc2ncn(CCCC(=O)NCc3ccc(NC(=O)NC(C)C)cc3)c(=O)c2cc1OC. The van der Waals surface area contributed by atoms with Crippen molar-refractivity contribution in [1.82, 2.24) is 20.2 Å². The Morgan fingerprint density at radius 1 is 1.06 bits per heavy atom. The number of benzene rings is 2. The third kappa shape index (κ3) is 6.95. The Kier molecular flexibility index (Phi) is 8.66. The zero-order valence-electron chi connectivity index (χ0n) is 20.4. The average molecular weight is 482 g/mol. The number of hydrogen-bond acceptors (Lipinski definition) is 6. The molecule has 0 aliphatic heterocycles. The summed E-state index contributed by atoms with van der Waals surface area (Å²) in [6.07, 6.45) is 2.23. The predicted molar refractivity (Wildman–Crippen MR) is 134 cm³/mol. The number of hydrogen-bond donors (Lipinski definition) is 3. The molecule has 35 heavy (non-hydrogen) atoms. The summed E-state index contributed by atoms with van der Waals surface area (Å²) >= 11 is 0. The van der Waals surface area contributed by atoms with Crippen molar-refractivity contribution in [1.29, 1.82) is 0 Å². The van der Waals surface area contributed by atoms with E-state index in [4.69, 9.17) is 9.47 Å². The molecule has 10 nitrogen and oxygen atoms in total. The molecule has 0 radical (unpaired) electrons. The minimum Gasteiger partial charge on any atom is -0.493 e. The fourth-order valence-corrected chi connectivity index (χ4v) is 3.48. The van der Waals surface area contributed by atoms with Crippen molar-refractivity contribution >= 4 is 28.5 Å². The van der Waals surface area contributed by atoms with E-state index in [1.54, 1.807) is 24.3 Å². The highest BCUT2D eigenvalue weighted by Crippen LogP contribution is 2.29. The van der Waals surface area contributed by atoms with Gasteiger partial charge in [-0.3, -0.25) is 14.2 Å². The first kappa shape index (κ1) is 25.5. The molecule has 0 unspecified atom stereocenters. The highest BCUT2D eigenvalue weighted by molar-refractivity contribution is 5.89. The van der Waals surface area contributed by atoms with Crippen LogP contribution in [0.15, 0.2) is 47.5 Å². The van der Waals surface area contributed by atoms with E-state index in [2.05, 4.69) is 20.9 Å². The smallest absolute Gasteiger partial charge is 0.319 e. The highest BCUT2D eigenvalue weighted by Gasteiger charge is 2.11. The first-order chi connectivity index (χ1) is 16.8. The Morgan fingerprint density at radius 2 is 1.74 bits per heavy atom. The zero-order valence-corrected chi connectivity index (χ0v) is 20.4. The average Bonchev–Trinajstić information content (AvgIpc) is 2.83. The molecule has 0 aliphatic carbocycles. The molecule has 10 heteroatoms. The Labute approximate surface area is 203 Å². The Morgan fingerprint density at radius 3 is 2.40 bits per heavy atom. The van der Waals surface area contributed by atoms with Gasteiger partial charge >= 0.3 is 6.03 Å². The van der Waals surface area contributed by atoms with E-state index in [0.29, 0.717) is 47.6 Å². The van der Waals surface area contributed by atoms with E-state index < -0.39 is 0 Å². The Hall–Kier alpha value is -4.08. The molecular formula is C25H31N5O5. The van der Waals surface area contributed by atoms with E-state index in [1.807, 2.05) is 26.0 Å². The molecule has 1 heterocycles. The largest absolute Gasteiger partial charge is 0.493 e. The van der Waals surface area contributed by atoms with Gasteiger partial charge in [0.1, 0.15) is 0 Å².